The third-order valence-corrected chi connectivity index (χ3v) is 5.45. The second-order valence-corrected chi connectivity index (χ2v) is 7.85. The van der Waals surface area contributed by atoms with Crippen LogP contribution < -0.4 is 0 Å². The molecular weight excluding hydrogens is 467 g/mol. The molecule has 0 N–H and O–H groups in total. The lowest BCUT2D eigenvalue weighted by atomic mass is 10.0. The lowest BCUT2D eigenvalue weighted by Gasteiger charge is -2.10. The highest BCUT2D eigenvalue weighted by Gasteiger charge is 2.20. The summed E-state index contributed by atoms with van der Waals surface area (Å²) < 4.78 is 5.25. The fourth-order valence-electron chi connectivity index (χ4n) is 3.23. The average molecular weight is 481 g/mol. The number of hydrogen-bond acceptors (Lipinski definition) is 6. The summed E-state index contributed by atoms with van der Waals surface area (Å²) in [6, 6.07) is 19.3. The molecular formula is C24H14Cl2N2O5. The maximum Gasteiger partial charge on any atom is 0.339 e. The van der Waals surface area contributed by atoms with E-state index < -0.39 is 29.0 Å². The maximum atomic E-state index is 12.9. The smallest absolute Gasteiger partial charge is 0.339 e. The molecule has 164 valence electrons. The van der Waals surface area contributed by atoms with Gasteiger partial charge in [-0.1, -0.05) is 53.5 Å². The molecule has 7 nitrogen and oxygen atoms in total. The van der Waals surface area contributed by atoms with Gasteiger partial charge in [-0.3, -0.25) is 14.9 Å². The SMILES string of the molecule is O=C(COC(=O)c1cc(-c2ccc(Cl)cc2)nc2ccccc12)c1ccc(Cl)c([N+](=O)[O-])c1. The van der Waals surface area contributed by atoms with Crippen LogP contribution in [-0.4, -0.2) is 28.3 Å². The Morgan fingerprint density at radius 2 is 1.70 bits per heavy atom. The summed E-state index contributed by atoms with van der Waals surface area (Å²) in [5.41, 5.74) is 1.72. The molecule has 0 radical (unpaired) electrons. The lowest BCUT2D eigenvalue weighted by molar-refractivity contribution is -0.384. The van der Waals surface area contributed by atoms with Crippen molar-refractivity contribution < 1.29 is 19.2 Å². The number of para-hydroxylation sites is 1. The highest BCUT2D eigenvalue weighted by molar-refractivity contribution is 6.32. The fraction of sp³-hybridized carbons (Fsp3) is 0.0417. The Hall–Kier alpha value is -3.81. The summed E-state index contributed by atoms with van der Waals surface area (Å²) in [5, 5.41) is 12.1. The molecule has 3 aromatic carbocycles. The minimum atomic E-state index is -0.722. The molecule has 4 aromatic rings. The van der Waals surface area contributed by atoms with Crippen molar-refractivity contribution in [1.29, 1.82) is 0 Å². The number of fused-ring (bicyclic) bond motifs is 1. The molecule has 9 heteroatoms. The number of esters is 1. The van der Waals surface area contributed by atoms with Gasteiger partial charge in [0.05, 0.1) is 21.7 Å². The molecule has 4 rings (SSSR count). The van der Waals surface area contributed by atoms with Crippen molar-refractivity contribution >= 4 is 51.5 Å². The standard InChI is InChI=1S/C24H14Cl2N2O5/c25-16-8-5-14(6-9-16)21-12-18(17-3-1-2-4-20(17)27-21)24(30)33-13-23(29)15-7-10-19(26)22(11-15)28(31)32/h1-12H,13H2. The number of rotatable bonds is 6. The summed E-state index contributed by atoms with van der Waals surface area (Å²) in [5.74, 6) is -1.32. The van der Waals surface area contributed by atoms with E-state index in [1.54, 1.807) is 54.6 Å². The Balaban J connectivity index is 1.61. The van der Waals surface area contributed by atoms with Crippen LogP contribution in [0.5, 0.6) is 0 Å². The number of nitro benzene ring substituents is 1. The van der Waals surface area contributed by atoms with Crippen molar-refractivity contribution in [3.8, 4) is 11.3 Å². The number of hydrogen-bond donors (Lipinski definition) is 0. The quantitative estimate of drug-likeness (QED) is 0.142. The minimum Gasteiger partial charge on any atom is -0.454 e. The predicted molar refractivity (Wildman–Crippen MR) is 125 cm³/mol. The second kappa shape index (κ2) is 9.36. The van der Waals surface area contributed by atoms with E-state index in [0.717, 1.165) is 11.6 Å². The van der Waals surface area contributed by atoms with E-state index >= 15 is 0 Å². The van der Waals surface area contributed by atoms with Crippen LogP contribution >= 0.6 is 23.2 Å². The van der Waals surface area contributed by atoms with Crippen molar-refractivity contribution in [2.45, 2.75) is 0 Å². The zero-order valence-corrected chi connectivity index (χ0v) is 18.3. The molecule has 0 unspecified atom stereocenters. The van der Waals surface area contributed by atoms with Crippen LogP contribution in [0, 0.1) is 10.1 Å². The molecule has 0 bridgehead atoms. The Morgan fingerprint density at radius 3 is 2.42 bits per heavy atom. The van der Waals surface area contributed by atoms with Crippen LogP contribution in [0.25, 0.3) is 22.2 Å². The first-order chi connectivity index (χ1) is 15.8. The fourth-order valence-corrected chi connectivity index (χ4v) is 3.54. The van der Waals surface area contributed by atoms with Crippen LogP contribution in [0.15, 0.2) is 72.8 Å². The van der Waals surface area contributed by atoms with Gasteiger partial charge in [-0.05, 0) is 36.4 Å². The number of benzene rings is 3. The molecule has 33 heavy (non-hydrogen) atoms. The number of carbonyl (C=O) groups is 2. The number of nitro groups is 1. The summed E-state index contributed by atoms with van der Waals surface area (Å²) in [7, 11) is 0. The molecule has 1 aromatic heterocycles. The van der Waals surface area contributed by atoms with Crippen molar-refractivity contribution in [2.24, 2.45) is 0 Å². The lowest BCUT2D eigenvalue weighted by Crippen LogP contribution is -2.15. The predicted octanol–water partition coefficient (Wildman–Crippen LogP) is 6.16. The van der Waals surface area contributed by atoms with Crippen LogP contribution in [0.4, 0.5) is 5.69 Å². The van der Waals surface area contributed by atoms with Gasteiger partial charge in [-0.2, -0.15) is 0 Å². The summed E-state index contributed by atoms with van der Waals surface area (Å²) in [6.45, 7) is -0.593. The van der Waals surface area contributed by atoms with Gasteiger partial charge in [0.1, 0.15) is 5.02 Å². The number of halogens is 2. The summed E-state index contributed by atoms with van der Waals surface area (Å²) >= 11 is 11.7. The number of carbonyl (C=O) groups excluding carboxylic acids is 2. The van der Waals surface area contributed by atoms with Gasteiger partial charge in [0.2, 0.25) is 5.78 Å². The van der Waals surface area contributed by atoms with Gasteiger partial charge in [-0.25, -0.2) is 9.78 Å². The number of ketones is 1. The van der Waals surface area contributed by atoms with Gasteiger partial charge < -0.3 is 4.74 Å². The average Bonchev–Trinajstić information content (AvgIpc) is 2.82. The number of Topliss-reactive ketones (excluding diaryl/α,β-unsaturated/α-hetero) is 1. The highest BCUT2D eigenvalue weighted by atomic mass is 35.5. The number of pyridine rings is 1. The Morgan fingerprint density at radius 1 is 0.970 bits per heavy atom. The van der Waals surface area contributed by atoms with Crippen molar-refractivity contribution in [3.05, 3.63) is 104 Å². The zero-order valence-electron chi connectivity index (χ0n) is 16.8. The molecule has 0 atom stereocenters. The molecule has 0 spiro atoms. The molecule has 1 heterocycles. The van der Waals surface area contributed by atoms with E-state index in [9.17, 15) is 19.7 Å². The van der Waals surface area contributed by atoms with Crippen LogP contribution in [-0.2, 0) is 4.74 Å². The monoisotopic (exact) mass is 480 g/mol. The minimum absolute atomic E-state index is 0.0142. The molecule has 0 aliphatic heterocycles. The normalized spacial score (nSPS) is 10.7. The molecule has 0 saturated carbocycles. The van der Waals surface area contributed by atoms with Crippen molar-refractivity contribution in [3.63, 3.8) is 0 Å². The molecule has 0 amide bonds. The van der Waals surface area contributed by atoms with Crippen LogP contribution in [0.2, 0.25) is 10.0 Å². The number of aromatic nitrogens is 1. The van der Waals surface area contributed by atoms with E-state index in [4.69, 9.17) is 27.9 Å². The molecule has 0 saturated heterocycles. The van der Waals surface area contributed by atoms with Crippen molar-refractivity contribution in [2.75, 3.05) is 6.61 Å². The first-order valence-corrected chi connectivity index (χ1v) is 10.4. The number of nitrogens with zero attached hydrogens (tertiary/aromatic N) is 2. The Kier molecular flexibility index (Phi) is 6.35. The topological polar surface area (TPSA) is 99.4 Å². The Labute approximate surface area is 197 Å². The van der Waals surface area contributed by atoms with Gasteiger partial charge >= 0.3 is 5.97 Å². The van der Waals surface area contributed by atoms with Crippen molar-refractivity contribution in [1.82, 2.24) is 4.98 Å². The highest BCUT2D eigenvalue weighted by Crippen LogP contribution is 2.27. The van der Waals surface area contributed by atoms with E-state index in [0.29, 0.717) is 21.6 Å². The first-order valence-electron chi connectivity index (χ1n) is 9.63. The van der Waals surface area contributed by atoms with E-state index in [-0.39, 0.29) is 16.1 Å². The van der Waals surface area contributed by atoms with E-state index in [1.165, 1.54) is 12.1 Å². The summed E-state index contributed by atoms with van der Waals surface area (Å²) in [4.78, 5) is 40.4. The third-order valence-electron chi connectivity index (χ3n) is 4.88. The molecule has 0 fully saturated rings. The van der Waals surface area contributed by atoms with E-state index in [1.807, 2.05) is 0 Å². The number of ether oxygens (including phenoxy) is 1. The van der Waals surface area contributed by atoms with Crippen LogP contribution in [0.1, 0.15) is 20.7 Å². The van der Waals surface area contributed by atoms with Gasteiger partial charge in [0.25, 0.3) is 5.69 Å². The van der Waals surface area contributed by atoms with Gasteiger partial charge in [-0.15, -0.1) is 0 Å². The Bertz CT molecular complexity index is 1400. The van der Waals surface area contributed by atoms with Gasteiger partial charge in [0.15, 0.2) is 6.61 Å². The molecule has 0 aliphatic rings. The van der Waals surface area contributed by atoms with Crippen LogP contribution in [0.3, 0.4) is 0 Å². The zero-order chi connectivity index (χ0) is 23.5. The maximum absolute atomic E-state index is 12.9. The molecule has 0 aliphatic carbocycles. The second-order valence-electron chi connectivity index (χ2n) is 7.00. The van der Waals surface area contributed by atoms with Gasteiger partial charge in [0, 0.05) is 27.6 Å². The van der Waals surface area contributed by atoms with E-state index in [2.05, 4.69) is 4.98 Å². The third kappa shape index (κ3) is 4.84. The first kappa shape index (κ1) is 22.4. The summed E-state index contributed by atoms with van der Waals surface area (Å²) in [6.07, 6.45) is 0. The largest absolute Gasteiger partial charge is 0.454 e.